The molecule has 0 aliphatic rings. The molecule has 0 aliphatic carbocycles. The van der Waals surface area contributed by atoms with Gasteiger partial charge < -0.3 is 19.1 Å². The number of fused-ring (bicyclic) bond motifs is 1. The van der Waals surface area contributed by atoms with Crippen LogP contribution in [0.25, 0.3) is 10.2 Å². The van der Waals surface area contributed by atoms with E-state index in [2.05, 4.69) is 18.7 Å². The third-order valence-electron chi connectivity index (χ3n) is 5.14. The van der Waals surface area contributed by atoms with Crippen molar-refractivity contribution in [3.05, 3.63) is 41.4 Å². The second kappa shape index (κ2) is 11.4. The lowest BCUT2D eigenvalue weighted by Gasteiger charge is -2.24. The molecule has 0 fully saturated rings. The standard InChI is InChI=1S/C23H28ClN3O4S/c1-5-26(6-2)12-13-27(20(28)15-31-17-9-7-8-16(14-17)29-3)23-25-21-19(30-4)11-10-18(24)22(21)32-23/h7-11,14H,5-6,12-13,15H2,1-4H3. The van der Waals surface area contributed by atoms with Gasteiger partial charge in [0.25, 0.3) is 5.91 Å². The van der Waals surface area contributed by atoms with Crippen molar-refractivity contribution in [1.82, 2.24) is 9.88 Å². The van der Waals surface area contributed by atoms with Crippen LogP contribution in [0.3, 0.4) is 0 Å². The Hall–Kier alpha value is -2.55. The Balaban J connectivity index is 1.86. The number of carbonyl (C=O) groups excluding carboxylic acids is 1. The Kier molecular flexibility index (Phi) is 8.55. The van der Waals surface area contributed by atoms with E-state index in [0.29, 0.717) is 39.5 Å². The topological polar surface area (TPSA) is 64.1 Å². The van der Waals surface area contributed by atoms with Gasteiger partial charge in [0.1, 0.15) is 22.8 Å². The van der Waals surface area contributed by atoms with Gasteiger partial charge in [0.15, 0.2) is 11.7 Å². The highest BCUT2D eigenvalue weighted by atomic mass is 35.5. The van der Waals surface area contributed by atoms with Crippen molar-refractivity contribution in [2.75, 3.05) is 51.9 Å². The van der Waals surface area contributed by atoms with Gasteiger partial charge >= 0.3 is 0 Å². The first kappa shape index (κ1) is 24.1. The zero-order valence-corrected chi connectivity index (χ0v) is 20.3. The first-order valence-corrected chi connectivity index (χ1v) is 11.6. The lowest BCUT2D eigenvalue weighted by atomic mass is 10.3. The number of halogens is 1. The smallest absolute Gasteiger partial charge is 0.266 e. The highest BCUT2D eigenvalue weighted by Crippen LogP contribution is 2.38. The number of likely N-dealkylation sites (N-methyl/N-ethyl adjacent to an activating group) is 1. The summed E-state index contributed by atoms with van der Waals surface area (Å²) in [6.45, 7) is 7.09. The number of rotatable bonds is 11. The summed E-state index contributed by atoms with van der Waals surface area (Å²) in [5.41, 5.74) is 0.648. The molecular weight excluding hydrogens is 450 g/mol. The number of thiazole rings is 1. The molecular formula is C23H28ClN3O4S. The van der Waals surface area contributed by atoms with Crippen LogP contribution in [0.2, 0.25) is 5.02 Å². The molecule has 3 aromatic rings. The molecule has 9 heteroatoms. The SMILES string of the molecule is CCN(CC)CCN(C(=O)COc1cccc(OC)c1)c1nc2c(OC)ccc(Cl)c2s1. The van der Waals surface area contributed by atoms with Crippen LogP contribution in [-0.4, -0.2) is 62.8 Å². The van der Waals surface area contributed by atoms with Crippen LogP contribution in [0.5, 0.6) is 17.2 Å². The van der Waals surface area contributed by atoms with Gasteiger partial charge in [-0.3, -0.25) is 9.69 Å². The Morgan fingerprint density at radius 2 is 1.81 bits per heavy atom. The van der Waals surface area contributed by atoms with Crippen molar-refractivity contribution in [2.45, 2.75) is 13.8 Å². The molecule has 7 nitrogen and oxygen atoms in total. The summed E-state index contributed by atoms with van der Waals surface area (Å²) in [5.74, 6) is 1.67. The highest BCUT2D eigenvalue weighted by molar-refractivity contribution is 7.23. The molecule has 0 unspecified atom stereocenters. The minimum Gasteiger partial charge on any atom is -0.497 e. The van der Waals surface area contributed by atoms with Gasteiger partial charge in [-0.05, 0) is 37.4 Å². The van der Waals surface area contributed by atoms with Crippen LogP contribution in [0, 0.1) is 0 Å². The Morgan fingerprint density at radius 1 is 1.06 bits per heavy atom. The van der Waals surface area contributed by atoms with Crippen LogP contribution in [0.1, 0.15) is 13.8 Å². The van der Waals surface area contributed by atoms with E-state index in [1.165, 1.54) is 11.3 Å². The summed E-state index contributed by atoms with van der Waals surface area (Å²) in [4.78, 5) is 21.8. The monoisotopic (exact) mass is 477 g/mol. The molecule has 0 atom stereocenters. The molecule has 2 aromatic carbocycles. The summed E-state index contributed by atoms with van der Waals surface area (Å²) in [6, 6.07) is 10.7. The molecule has 0 bridgehead atoms. The molecule has 32 heavy (non-hydrogen) atoms. The Morgan fingerprint density at radius 3 is 2.50 bits per heavy atom. The van der Waals surface area contributed by atoms with Gasteiger partial charge in [0.05, 0.1) is 23.9 Å². The van der Waals surface area contributed by atoms with Crippen molar-refractivity contribution < 1.29 is 19.0 Å². The summed E-state index contributed by atoms with van der Waals surface area (Å²) in [5, 5.41) is 1.14. The van der Waals surface area contributed by atoms with E-state index in [-0.39, 0.29) is 12.5 Å². The minimum absolute atomic E-state index is 0.119. The van der Waals surface area contributed by atoms with Crippen LogP contribution in [0.4, 0.5) is 5.13 Å². The van der Waals surface area contributed by atoms with Gasteiger partial charge in [-0.25, -0.2) is 4.98 Å². The molecule has 0 spiro atoms. The number of ether oxygens (including phenoxy) is 3. The third kappa shape index (κ3) is 5.62. The van der Waals surface area contributed by atoms with E-state index in [9.17, 15) is 4.79 Å². The van der Waals surface area contributed by atoms with Crippen molar-refractivity contribution in [3.8, 4) is 17.2 Å². The number of benzene rings is 2. The fraction of sp³-hybridized carbons (Fsp3) is 0.391. The summed E-state index contributed by atoms with van der Waals surface area (Å²) < 4.78 is 17.2. The maximum atomic E-state index is 13.2. The van der Waals surface area contributed by atoms with Crippen molar-refractivity contribution in [3.63, 3.8) is 0 Å². The lowest BCUT2D eigenvalue weighted by molar-refractivity contribution is -0.120. The maximum Gasteiger partial charge on any atom is 0.266 e. The minimum atomic E-state index is -0.186. The molecule has 1 aromatic heterocycles. The van der Waals surface area contributed by atoms with E-state index >= 15 is 0 Å². The molecule has 1 amide bonds. The van der Waals surface area contributed by atoms with E-state index < -0.39 is 0 Å². The molecule has 172 valence electrons. The van der Waals surface area contributed by atoms with E-state index in [0.717, 1.165) is 24.3 Å². The second-order valence-electron chi connectivity index (χ2n) is 6.96. The molecule has 0 aliphatic heterocycles. The number of amides is 1. The lowest BCUT2D eigenvalue weighted by Crippen LogP contribution is -2.41. The van der Waals surface area contributed by atoms with Crippen LogP contribution in [-0.2, 0) is 4.79 Å². The zero-order valence-electron chi connectivity index (χ0n) is 18.8. The fourth-order valence-corrected chi connectivity index (χ4v) is 4.54. The van der Waals surface area contributed by atoms with E-state index in [4.69, 9.17) is 30.8 Å². The number of carbonyl (C=O) groups is 1. The summed E-state index contributed by atoms with van der Waals surface area (Å²) in [7, 11) is 3.18. The van der Waals surface area contributed by atoms with Gasteiger partial charge in [0.2, 0.25) is 0 Å². The van der Waals surface area contributed by atoms with Gasteiger partial charge in [-0.15, -0.1) is 0 Å². The largest absolute Gasteiger partial charge is 0.497 e. The van der Waals surface area contributed by atoms with Crippen LogP contribution in [0.15, 0.2) is 36.4 Å². The molecule has 0 radical (unpaired) electrons. The first-order chi connectivity index (χ1) is 15.5. The maximum absolute atomic E-state index is 13.2. The number of hydrogen-bond donors (Lipinski definition) is 0. The predicted molar refractivity (Wildman–Crippen MR) is 130 cm³/mol. The Bertz CT molecular complexity index is 1050. The summed E-state index contributed by atoms with van der Waals surface area (Å²) >= 11 is 7.76. The molecule has 1 heterocycles. The third-order valence-corrected chi connectivity index (χ3v) is 6.68. The van der Waals surface area contributed by atoms with Gasteiger partial charge in [0, 0.05) is 19.2 Å². The Labute approximate surface area is 197 Å². The number of methoxy groups -OCH3 is 2. The fourth-order valence-electron chi connectivity index (χ4n) is 3.24. The number of nitrogens with zero attached hydrogens (tertiary/aromatic N) is 3. The number of hydrogen-bond acceptors (Lipinski definition) is 7. The quantitative estimate of drug-likeness (QED) is 0.398. The average molecular weight is 478 g/mol. The normalized spacial score (nSPS) is 11.1. The second-order valence-corrected chi connectivity index (χ2v) is 8.35. The zero-order chi connectivity index (χ0) is 23.1. The first-order valence-electron chi connectivity index (χ1n) is 10.4. The van der Waals surface area contributed by atoms with Crippen molar-refractivity contribution in [1.29, 1.82) is 0 Å². The van der Waals surface area contributed by atoms with Gasteiger partial charge in [-0.1, -0.05) is 42.9 Å². The number of anilines is 1. The summed E-state index contributed by atoms with van der Waals surface area (Å²) in [6.07, 6.45) is 0. The molecule has 3 rings (SSSR count). The van der Waals surface area contributed by atoms with E-state index in [1.54, 1.807) is 43.4 Å². The predicted octanol–water partition coefficient (Wildman–Crippen LogP) is 4.72. The van der Waals surface area contributed by atoms with Crippen molar-refractivity contribution in [2.24, 2.45) is 0 Å². The van der Waals surface area contributed by atoms with E-state index in [1.807, 2.05) is 12.1 Å². The van der Waals surface area contributed by atoms with Crippen LogP contribution >= 0.6 is 22.9 Å². The van der Waals surface area contributed by atoms with Gasteiger partial charge in [-0.2, -0.15) is 0 Å². The molecule has 0 saturated heterocycles. The average Bonchev–Trinajstić information content (AvgIpc) is 3.27. The molecule has 0 N–H and O–H groups in total. The highest BCUT2D eigenvalue weighted by Gasteiger charge is 2.23. The van der Waals surface area contributed by atoms with Crippen LogP contribution < -0.4 is 19.1 Å². The molecule has 0 saturated carbocycles. The number of aromatic nitrogens is 1. The van der Waals surface area contributed by atoms with Crippen molar-refractivity contribution >= 4 is 44.2 Å².